The van der Waals surface area contributed by atoms with E-state index in [4.69, 9.17) is 16.2 Å². The summed E-state index contributed by atoms with van der Waals surface area (Å²) in [6.45, 7) is 0. The van der Waals surface area contributed by atoms with Gasteiger partial charge in [0, 0.05) is 18.0 Å². The third-order valence-electron chi connectivity index (χ3n) is 3.03. The van der Waals surface area contributed by atoms with E-state index in [-0.39, 0.29) is 5.95 Å². The van der Waals surface area contributed by atoms with Gasteiger partial charge in [-0.2, -0.15) is 9.97 Å². The van der Waals surface area contributed by atoms with Gasteiger partial charge in [0.2, 0.25) is 5.95 Å². The normalized spacial score (nSPS) is 11.3. The lowest BCUT2D eigenvalue weighted by atomic mass is 10.2. The molecule has 0 aliphatic rings. The van der Waals surface area contributed by atoms with Gasteiger partial charge in [0.15, 0.2) is 0 Å². The van der Waals surface area contributed by atoms with Crippen molar-refractivity contribution in [2.24, 2.45) is 4.99 Å². The number of hydrogen-bond acceptors (Lipinski definition) is 6. The van der Waals surface area contributed by atoms with E-state index in [0.29, 0.717) is 16.9 Å². The van der Waals surface area contributed by atoms with Crippen LogP contribution in [0.25, 0.3) is 11.0 Å². The summed E-state index contributed by atoms with van der Waals surface area (Å²) in [5.74, 6) is 1.25. The van der Waals surface area contributed by atoms with Crippen molar-refractivity contribution in [1.82, 2.24) is 15.0 Å². The molecule has 7 nitrogen and oxygen atoms in total. The Morgan fingerprint density at radius 3 is 2.67 bits per heavy atom. The largest absolute Gasteiger partial charge is 0.497 e. The van der Waals surface area contributed by atoms with Crippen molar-refractivity contribution in [3.8, 4) is 5.75 Å². The van der Waals surface area contributed by atoms with Crippen molar-refractivity contribution in [1.29, 1.82) is 0 Å². The number of H-pyrrole nitrogens is 1. The van der Waals surface area contributed by atoms with E-state index in [9.17, 15) is 0 Å². The smallest absolute Gasteiger partial charge is 0.223 e. The Morgan fingerprint density at radius 1 is 1.19 bits per heavy atom. The van der Waals surface area contributed by atoms with Crippen molar-refractivity contribution in [3.63, 3.8) is 0 Å². The van der Waals surface area contributed by atoms with E-state index < -0.39 is 0 Å². The maximum absolute atomic E-state index is 5.88. The van der Waals surface area contributed by atoms with E-state index in [1.54, 1.807) is 19.5 Å². The first-order chi connectivity index (χ1) is 10.2. The molecule has 3 rings (SSSR count). The summed E-state index contributed by atoms with van der Waals surface area (Å²) in [4.78, 5) is 15.4. The summed E-state index contributed by atoms with van der Waals surface area (Å²) in [5, 5.41) is 0.710. The number of rotatable bonds is 3. The van der Waals surface area contributed by atoms with Crippen molar-refractivity contribution in [2.75, 3.05) is 18.6 Å². The van der Waals surface area contributed by atoms with Crippen molar-refractivity contribution in [3.05, 3.63) is 36.0 Å². The molecule has 7 heteroatoms. The van der Waals surface area contributed by atoms with E-state index >= 15 is 0 Å². The van der Waals surface area contributed by atoms with Gasteiger partial charge in [0.25, 0.3) is 0 Å². The molecule has 2 heterocycles. The van der Waals surface area contributed by atoms with Gasteiger partial charge in [0.1, 0.15) is 17.2 Å². The molecule has 21 heavy (non-hydrogen) atoms. The first-order valence-corrected chi connectivity index (χ1v) is 6.25. The standard InChI is InChI=1S/C14H14N6O/c1-21-10-4-2-9(3-5-10)17-6-8-7-18-13-11(8)12(15)19-14(16)20-13/h2-7H,1H3,(H5,15,16,18,19,20). The third-order valence-corrected chi connectivity index (χ3v) is 3.03. The SMILES string of the molecule is COc1ccc(N=Cc2c[nH]c3nc(N)nc(N)c23)cc1. The molecule has 3 aromatic rings. The summed E-state index contributed by atoms with van der Waals surface area (Å²) >= 11 is 0. The predicted octanol–water partition coefficient (Wildman–Crippen LogP) is 1.88. The highest BCUT2D eigenvalue weighted by atomic mass is 16.5. The van der Waals surface area contributed by atoms with Crippen LogP contribution in [-0.2, 0) is 0 Å². The summed E-state index contributed by atoms with van der Waals surface area (Å²) in [6, 6.07) is 7.42. The summed E-state index contributed by atoms with van der Waals surface area (Å²) in [6.07, 6.45) is 3.47. The molecule has 0 aliphatic heterocycles. The Morgan fingerprint density at radius 2 is 1.95 bits per heavy atom. The number of benzene rings is 1. The highest BCUT2D eigenvalue weighted by Gasteiger charge is 2.09. The van der Waals surface area contributed by atoms with E-state index in [2.05, 4.69) is 19.9 Å². The number of anilines is 2. The quantitative estimate of drug-likeness (QED) is 0.634. The maximum Gasteiger partial charge on any atom is 0.223 e. The fraction of sp³-hybridized carbons (Fsp3) is 0.0714. The monoisotopic (exact) mass is 282 g/mol. The van der Waals surface area contributed by atoms with Crippen molar-refractivity contribution in [2.45, 2.75) is 0 Å². The average Bonchev–Trinajstić information content (AvgIpc) is 2.89. The number of aromatic nitrogens is 3. The van der Waals surface area contributed by atoms with E-state index in [1.165, 1.54) is 0 Å². The Balaban J connectivity index is 1.95. The van der Waals surface area contributed by atoms with Gasteiger partial charge < -0.3 is 21.2 Å². The molecule has 106 valence electrons. The molecule has 0 radical (unpaired) electrons. The fourth-order valence-electron chi connectivity index (χ4n) is 2.02. The van der Waals surface area contributed by atoms with Crippen LogP contribution in [0.1, 0.15) is 5.56 Å². The lowest BCUT2D eigenvalue weighted by Gasteiger charge is -1.99. The molecule has 0 aliphatic carbocycles. The molecule has 0 saturated heterocycles. The molecule has 0 unspecified atom stereocenters. The number of nitrogen functional groups attached to an aromatic ring is 2. The molecule has 0 saturated carbocycles. The van der Waals surface area contributed by atoms with Gasteiger partial charge in [0.05, 0.1) is 18.2 Å². The Kier molecular flexibility index (Phi) is 3.15. The van der Waals surface area contributed by atoms with Crippen LogP contribution in [0.4, 0.5) is 17.5 Å². The number of aliphatic imine (C=N–C) groups is 1. The Labute approximate surface area is 120 Å². The molecule has 0 fully saturated rings. The van der Waals surface area contributed by atoms with Crippen LogP contribution in [-0.4, -0.2) is 28.3 Å². The van der Waals surface area contributed by atoms with Gasteiger partial charge in [-0.05, 0) is 24.3 Å². The summed E-state index contributed by atoms with van der Waals surface area (Å²) in [5.41, 5.74) is 13.6. The van der Waals surface area contributed by atoms with Crippen LogP contribution in [0.3, 0.4) is 0 Å². The molecule has 0 bridgehead atoms. The number of nitrogens with one attached hydrogen (secondary N) is 1. The fourth-order valence-corrected chi connectivity index (χ4v) is 2.02. The number of fused-ring (bicyclic) bond motifs is 1. The second-order valence-corrected chi connectivity index (χ2v) is 4.39. The zero-order valence-electron chi connectivity index (χ0n) is 11.4. The minimum atomic E-state index is 0.139. The highest BCUT2D eigenvalue weighted by Crippen LogP contribution is 2.22. The van der Waals surface area contributed by atoms with Gasteiger partial charge >= 0.3 is 0 Å². The van der Waals surface area contributed by atoms with Crippen LogP contribution in [0, 0.1) is 0 Å². The first-order valence-electron chi connectivity index (χ1n) is 6.25. The lowest BCUT2D eigenvalue weighted by Crippen LogP contribution is -2.00. The van der Waals surface area contributed by atoms with Gasteiger partial charge in [-0.15, -0.1) is 0 Å². The molecule has 0 atom stereocenters. The van der Waals surface area contributed by atoms with Gasteiger partial charge in [-0.3, -0.25) is 4.99 Å². The maximum atomic E-state index is 5.88. The third kappa shape index (κ3) is 2.48. The topological polar surface area (TPSA) is 115 Å². The number of nitrogens with zero attached hydrogens (tertiary/aromatic N) is 3. The summed E-state index contributed by atoms with van der Waals surface area (Å²) in [7, 11) is 1.62. The number of hydrogen-bond donors (Lipinski definition) is 3. The Bertz CT molecular complexity index is 806. The van der Waals surface area contributed by atoms with Crippen LogP contribution in [0.5, 0.6) is 5.75 Å². The number of nitrogens with two attached hydrogens (primary N) is 2. The second kappa shape index (κ2) is 5.12. The minimum Gasteiger partial charge on any atom is -0.497 e. The lowest BCUT2D eigenvalue weighted by molar-refractivity contribution is 0.415. The van der Waals surface area contributed by atoms with Crippen LogP contribution >= 0.6 is 0 Å². The Hall–Kier alpha value is -3.09. The van der Waals surface area contributed by atoms with Crippen LogP contribution in [0.15, 0.2) is 35.5 Å². The molecular weight excluding hydrogens is 268 g/mol. The predicted molar refractivity (Wildman–Crippen MR) is 83.0 cm³/mol. The zero-order valence-corrected chi connectivity index (χ0v) is 11.4. The summed E-state index contributed by atoms with van der Waals surface area (Å²) < 4.78 is 5.10. The highest BCUT2D eigenvalue weighted by molar-refractivity contribution is 6.03. The van der Waals surface area contributed by atoms with Crippen molar-refractivity contribution < 1.29 is 4.74 Å². The zero-order chi connectivity index (χ0) is 14.8. The van der Waals surface area contributed by atoms with E-state index in [1.807, 2.05) is 24.3 Å². The minimum absolute atomic E-state index is 0.139. The number of methoxy groups -OCH3 is 1. The number of ether oxygens (including phenoxy) is 1. The molecular formula is C14H14N6O. The molecule has 0 amide bonds. The van der Waals surface area contributed by atoms with Gasteiger partial charge in [-0.1, -0.05) is 0 Å². The average molecular weight is 282 g/mol. The second-order valence-electron chi connectivity index (χ2n) is 4.39. The number of aromatic amines is 1. The van der Waals surface area contributed by atoms with Gasteiger partial charge in [-0.25, -0.2) is 0 Å². The molecule has 1 aromatic carbocycles. The molecule has 5 N–H and O–H groups in total. The first kappa shape index (κ1) is 12.9. The van der Waals surface area contributed by atoms with Crippen molar-refractivity contribution >= 4 is 34.7 Å². The molecule has 0 spiro atoms. The van der Waals surface area contributed by atoms with Crippen LogP contribution < -0.4 is 16.2 Å². The van der Waals surface area contributed by atoms with E-state index in [0.717, 1.165) is 17.0 Å². The van der Waals surface area contributed by atoms with Crippen LogP contribution in [0.2, 0.25) is 0 Å². The molecule has 2 aromatic heterocycles.